The van der Waals surface area contributed by atoms with Gasteiger partial charge in [-0.15, -0.1) is 0 Å². The van der Waals surface area contributed by atoms with Gasteiger partial charge in [0.1, 0.15) is 6.61 Å². The van der Waals surface area contributed by atoms with Crippen molar-refractivity contribution in [3.63, 3.8) is 0 Å². The summed E-state index contributed by atoms with van der Waals surface area (Å²) in [6, 6.07) is 0. The largest absolute Gasteiger partial charge is 0.464 e. The summed E-state index contributed by atoms with van der Waals surface area (Å²) in [6.45, 7) is 4.58. The Hall–Kier alpha value is -1.59. The molecule has 0 aliphatic heterocycles. The first-order chi connectivity index (χ1) is 6.93. The highest BCUT2D eigenvalue weighted by molar-refractivity contribution is 5.75. The monoisotopic (exact) mass is 248 g/mol. The molecule has 0 unspecified atom stereocenters. The Kier molecular flexibility index (Phi) is 13.3. The molecule has 0 aromatic carbocycles. The lowest BCUT2D eigenvalue weighted by molar-refractivity contribution is -0.143. The number of amides is 2. The van der Waals surface area contributed by atoms with E-state index in [1.165, 1.54) is 25.7 Å². The number of carbonyl (C=O) groups excluding carboxylic acids is 3. The first-order valence-corrected chi connectivity index (χ1v) is 4.56. The van der Waals surface area contributed by atoms with Crippen LogP contribution in [0.1, 0.15) is 35.6 Å². The van der Waals surface area contributed by atoms with Gasteiger partial charge in [-0.05, 0) is 0 Å². The minimum atomic E-state index is -0.391. The fourth-order valence-corrected chi connectivity index (χ4v) is 0.854. The Morgan fingerprint density at radius 3 is 2.00 bits per heavy atom. The van der Waals surface area contributed by atoms with Crippen molar-refractivity contribution in [3.8, 4) is 0 Å². The summed E-state index contributed by atoms with van der Waals surface area (Å²) in [7, 11) is 0. The van der Waals surface area contributed by atoms with Crippen molar-refractivity contribution in [3.05, 3.63) is 0 Å². The standard InChI is InChI=1S/C9H16N2O4.2CH4/c1-7(12)10-6-11(8(2)13)4-5-15-9(3)14;;/h4-6H2,1-3H3,(H,10,12);2*1H4. The van der Waals surface area contributed by atoms with Gasteiger partial charge in [0.15, 0.2) is 0 Å². The number of hydrogen-bond donors (Lipinski definition) is 1. The Labute approximate surface area is 103 Å². The predicted octanol–water partition coefficient (Wildman–Crippen LogP) is 0.764. The normalized spacial score (nSPS) is 8.18. The van der Waals surface area contributed by atoms with Crippen LogP contribution in [0.3, 0.4) is 0 Å². The molecule has 0 spiro atoms. The highest BCUT2D eigenvalue weighted by atomic mass is 16.5. The number of nitrogens with one attached hydrogen (secondary N) is 1. The molecule has 0 saturated heterocycles. The highest BCUT2D eigenvalue weighted by Gasteiger charge is 2.08. The topological polar surface area (TPSA) is 75.7 Å². The van der Waals surface area contributed by atoms with Crippen LogP contribution in [0.2, 0.25) is 0 Å². The van der Waals surface area contributed by atoms with E-state index in [-0.39, 0.29) is 46.5 Å². The van der Waals surface area contributed by atoms with E-state index in [1.807, 2.05) is 0 Å². The fourth-order valence-electron chi connectivity index (χ4n) is 0.854. The van der Waals surface area contributed by atoms with Gasteiger partial charge in [-0.3, -0.25) is 14.4 Å². The molecule has 0 heterocycles. The van der Waals surface area contributed by atoms with E-state index >= 15 is 0 Å². The molecule has 0 rings (SSSR count). The molecule has 2 amide bonds. The molecular formula is C11H24N2O4. The minimum Gasteiger partial charge on any atom is -0.464 e. The van der Waals surface area contributed by atoms with Crippen molar-refractivity contribution >= 4 is 17.8 Å². The van der Waals surface area contributed by atoms with Crippen LogP contribution in [0.25, 0.3) is 0 Å². The lowest BCUT2D eigenvalue weighted by Crippen LogP contribution is -2.41. The van der Waals surface area contributed by atoms with Gasteiger partial charge >= 0.3 is 5.97 Å². The molecule has 0 saturated carbocycles. The zero-order valence-electron chi connectivity index (χ0n) is 9.20. The quantitative estimate of drug-likeness (QED) is 0.576. The average Bonchev–Trinajstić information content (AvgIpc) is 2.09. The highest BCUT2D eigenvalue weighted by Crippen LogP contribution is 1.88. The molecule has 0 aliphatic carbocycles. The number of hydrogen-bond acceptors (Lipinski definition) is 4. The van der Waals surface area contributed by atoms with E-state index in [0.29, 0.717) is 0 Å². The van der Waals surface area contributed by atoms with E-state index in [4.69, 9.17) is 0 Å². The van der Waals surface area contributed by atoms with Gasteiger partial charge in [0, 0.05) is 20.8 Å². The number of nitrogens with zero attached hydrogens (tertiary/aromatic N) is 1. The summed E-state index contributed by atoms with van der Waals surface area (Å²) in [4.78, 5) is 33.5. The number of carbonyl (C=O) groups is 3. The molecule has 17 heavy (non-hydrogen) atoms. The Morgan fingerprint density at radius 2 is 1.65 bits per heavy atom. The maximum atomic E-state index is 11.1. The van der Waals surface area contributed by atoms with Crippen LogP contribution in [-0.4, -0.2) is 42.5 Å². The maximum absolute atomic E-state index is 11.1. The van der Waals surface area contributed by atoms with E-state index in [1.54, 1.807) is 0 Å². The summed E-state index contributed by atoms with van der Waals surface area (Å²) in [5.41, 5.74) is 0. The summed E-state index contributed by atoms with van der Waals surface area (Å²) in [5, 5.41) is 2.49. The predicted molar refractivity (Wildman–Crippen MR) is 66.2 cm³/mol. The second kappa shape index (κ2) is 10.9. The summed E-state index contributed by atoms with van der Waals surface area (Å²) < 4.78 is 4.68. The second-order valence-corrected chi connectivity index (χ2v) is 3.01. The van der Waals surface area contributed by atoms with Crippen LogP contribution in [0.15, 0.2) is 0 Å². The smallest absolute Gasteiger partial charge is 0.302 e. The third kappa shape index (κ3) is 12.3. The van der Waals surface area contributed by atoms with Crippen LogP contribution in [0.5, 0.6) is 0 Å². The van der Waals surface area contributed by atoms with Crippen molar-refractivity contribution in [1.82, 2.24) is 10.2 Å². The number of rotatable bonds is 5. The van der Waals surface area contributed by atoms with E-state index < -0.39 is 5.97 Å². The molecule has 0 atom stereocenters. The lowest BCUT2D eigenvalue weighted by atomic mass is 10.5. The Bertz CT molecular complexity index is 254. The third-order valence-electron chi connectivity index (χ3n) is 1.63. The molecule has 6 heteroatoms. The SMILES string of the molecule is C.C.CC(=O)NCN(CCOC(C)=O)C(C)=O. The van der Waals surface area contributed by atoms with E-state index in [9.17, 15) is 14.4 Å². The molecule has 0 aromatic heterocycles. The molecule has 6 nitrogen and oxygen atoms in total. The summed E-state index contributed by atoms with van der Waals surface area (Å²) in [5.74, 6) is -0.789. The molecule has 1 N–H and O–H groups in total. The van der Waals surface area contributed by atoms with Crippen LogP contribution in [0, 0.1) is 0 Å². The average molecular weight is 248 g/mol. The lowest BCUT2D eigenvalue weighted by Gasteiger charge is -2.20. The molecule has 0 fully saturated rings. The summed E-state index contributed by atoms with van der Waals surface area (Å²) in [6.07, 6.45) is 0. The zero-order chi connectivity index (χ0) is 11.8. The molecule has 0 bridgehead atoms. The van der Waals surface area contributed by atoms with Crippen molar-refractivity contribution in [2.45, 2.75) is 35.6 Å². The molecule has 0 radical (unpaired) electrons. The van der Waals surface area contributed by atoms with Crippen molar-refractivity contribution in [2.75, 3.05) is 19.8 Å². The van der Waals surface area contributed by atoms with Crippen molar-refractivity contribution < 1.29 is 19.1 Å². The van der Waals surface area contributed by atoms with Crippen molar-refractivity contribution in [1.29, 1.82) is 0 Å². The van der Waals surface area contributed by atoms with Gasteiger partial charge in [0.05, 0.1) is 13.2 Å². The third-order valence-corrected chi connectivity index (χ3v) is 1.63. The molecule has 0 aromatic rings. The second-order valence-electron chi connectivity index (χ2n) is 3.01. The molecule has 0 aliphatic rings. The maximum Gasteiger partial charge on any atom is 0.302 e. The first-order valence-electron chi connectivity index (χ1n) is 4.56. The first kappa shape index (κ1) is 20.8. The Morgan fingerprint density at radius 1 is 1.12 bits per heavy atom. The van der Waals surface area contributed by atoms with E-state index in [2.05, 4.69) is 10.1 Å². The Balaban J connectivity index is -0.000000980. The zero-order valence-corrected chi connectivity index (χ0v) is 9.20. The van der Waals surface area contributed by atoms with Crippen LogP contribution < -0.4 is 5.32 Å². The van der Waals surface area contributed by atoms with Crippen LogP contribution >= 0.6 is 0 Å². The van der Waals surface area contributed by atoms with Gasteiger partial charge in [-0.25, -0.2) is 0 Å². The van der Waals surface area contributed by atoms with Gasteiger partial charge in [-0.2, -0.15) is 0 Å². The van der Waals surface area contributed by atoms with Crippen molar-refractivity contribution in [2.24, 2.45) is 0 Å². The van der Waals surface area contributed by atoms with Gasteiger partial charge < -0.3 is 15.0 Å². The fraction of sp³-hybridized carbons (Fsp3) is 0.727. The minimum absolute atomic E-state index is 0. The molecule has 102 valence electrons. The summed E-state index contributed by atoms with van der Waals surface area (Å²) >= 11 is 0. The van der Waals surface area contributed by atoms with Crippen LogP contribution in [0.4, 0.5) is 0 Å². The van der Waals surface area contributed by atoms with Crippen LogP contribution in [-0.2, 0) is 19.1 Å². The van der Waals surface area contributed by atoms with Gasteiger partial charge in [0.25, 0.3) is 0 Å². The van der Waals surface area contributed by atoms with Gasteiger partial charge in [0.2, 0.25) is 11.8 Å². The van der Waals surface area contributed by atoms with Gasteiger partial charge in [-0.1, -0.05) is 14.9 Å². The molecular weight excluding hydrogens is 224 g/mol. The number of esters is 1. The number of ether oxygens (including phenoxy) is 1. The van der Waals surface area contributed by atoms with E-state index in [0.717, 1.165) is 0 Å².